The summed E-state index contributed by atoms with van der Waals surface area (Å²) in [6, 6.07) is 0. The van der Waals surface area contributed by atoms with Crippen molar-refractivity contribution in [3.05, 3.63) is 12.4 Å². The Hall–Kier alpha value is -0.630. The van der Waals surface area contributed by atoms with Crippen molar-refractivity contribution in [2.45, 2.75) is 6.92 Å². The van der Waals surface area contributed by atoms with E-state index in [1.54, 1.807) is 0 Å². The monoisotopic (exact) mass is 111 g/mol. The van der Waals surface area contributed by atoms with E-state index in [1.807, 2.05) is 12.5 Å². The molecule has 0 fully saturated rings. The second-order valence-corrected chi connectivity index (χ2v) is 2.23. The number of aliphatic imine (C=N–C) groups is 1. The summed E-state index contributed by atoms with van der Waals surface area (Å²) in [5.74, 6) is 0. The van der Waals surface area contributed by atoms with Crippen LogP contribution in [0, 0.1) is 0 Å². The first kappa shape index (κ1) is 5.51. The predicted molar refractivity (Wildman–Crippen MR) is 34.4 cm³/mol. The molecule has 1 heterocycles. The van der Waals surface area contributed by atoms with Gasteiger partial charge in [0.1, 0.15) is 6.20 Å². The summed E-state index contributed by atoms with van der Waals surface area (Å²) in [6.45, 7) is 3.22. The topological polar surface area (TPSA) is 12.4 Å². The van der Waals surface area contributed by atoms with Gasteiger partial charge in [-0.3, -0.25) is 4.48 Å². The van der Waals surface area contributed by atoms with Gasteiger partial charge in [-0.25, -0.2) is 4.99 Å². The van der Waals surface area contributed by atoms with Crippen LogP contribution in [0.4, 0.5) is 0 Å². The molecule has 0 saturated carbocycles. The van der Waals surface area contributed by atoms with Gasteiger partial charge in [-0.1, -0.05) is 0 Å². The third-order valence-corrected chi connectivity index (χ3v) is 1.51. The Balaban J connectivity index is 2.69. The molecule has 0 aromatic rings. The number of hydrogen-bond acceptors (Lipinski definition) is 1. The minimum absolute atomic E-state index is 0.847. The Morgan fingerprint density at radius 2 is 2.38 bits per heavy atom. The Morgan fingerprint density at radius 1 is 1.62 bits per heavy atom. The van der Waals surface area contributed by atoms with E-state index in [4.69, 9.17) is 0 Å². The first-order chi connectivity index (χ1) is 3.77. The molecule has 0 saturated heterocycles. The fourth-order valence-electron chi connectivity index (χ4n) is 0.607. The largest absolute Gasteiger partial charge is 0.256 e. The van der Waals surface area contributed by atoms with Crippen LogP contribution in [-0.4, -0.2) is 24.4 Å². The molecule has 1 rings (SSSR count). The lowest BCUT2D eigenvalue weighted by atomic mass is 10.5. The Kier molecular flexibility index (Phi) is 1.18. The second kappa shape index (κ2) is 1.71. The molecule has 0 amide bonds. The van der Waals surface area contributed by atoms with Crippen LogP contribution in [0.3, 0.4) is 0 Å². The van der Waals surface area contributed by atoms with Crippen molar-refractivity contribution in [2.24, 2.45) is 4.99 Å². The number of quaternary nitrogens is 1. The molecule has 1 atom stereocenters. The third kappa shape index (κ3) is 0.793. The normalized spacial score (nSPS) is 34.2. The maximum atomic E-state index is 3.97. The standard InChI is InChI=1S/C6H11N2/c1-3-8(2)5-4-7-6-8/h4-6H,3H2,1-2H3/q+1. The van der Waals surface area contributed by atoms with Gasteiger partial charge in [0.2, 0.25) is 0 Å². The zero-order valence-electron chi connectivity index (χ0n) is 5.33. The summed E-state index contributed by atoms with van der Waals surface area (Å²) in [5.41, 5.74) is 0. The van der Waals surface area contributed by atoms with Crippen molar-refractivity contribution in [2.75, 3.05) is 13.6 Å². The molecule has 0 aromatic carbocycles. The lowest BCUT2D eigenvalue weighted by Crippen LogP contribution is -2.33. The van der Waals surface area contributed by atoms with Crippen LogP contribution in [0.2, 0.25) is 0 Å². The minimum Gasteiger partial charge on any atom is -0.256 e. The van der Waals surface area contributed by atoms with Crippen LogP contribution < -0.4 is 0 Å². The molecule has 0 radical (unpaired) electrons. The first-order valence-corrected chi connectivity index (χ1v) is 2.84. The van der Waals surface area contributed by atoms with Gasteiger partial charge in [-0.05, 0) is 6.92 Å². The summed E-state index contributed by atoms with van der Waals surface area (Å²) in [5, 5.41) is 0. The van der Waals surface area contributed by atoms with Gasteiger partial charge in [0.05, 0.1) is 19.8 Å². The van der Waals surface area contributed by atoms with Crippen molar-refractivity contribution in [1.82, 2.24) is 0 Å². The Morgan fingerprint density at radius 3 is 2.62 bits per heavy atom. The SMILES string of the molecule is CC[N+]1(C)C=CN=C1. The van der Waals surface area contributed by atoms with E-state index in [0.717, 1.165) is 11.0 Å². The van der Waals surface area contributed by atoms with Crippen molar-refractivity contribution < 1.29 is 4.48 Å². The summed E-state index contributed by atoms with van der Waals surface area (Å²) in [6.07, 6.45) is 5.84. The first-order valence-electron chi connectivity index (χ1n) is 2.84. The maximum Gasteiger partial charge on any atom is 0.194 e. The maximum absolute atomic E-state index is 3.97. The van der Waals surface area contributed by atoms with Crippen LogP contribution in [0.1, 0.15) is 6.92 Å². The quantitative estimate of drug-likeness (QED) is 0.447. The highest BCUT2D eigenvalue weighted by atomic mass is 15.3. The van der Waals surface area contributed by atoms with Gasteiger partial charge in [-0.2, -0.15) is 0 Å². The van der Waals surface area contributed by atoms with Gasteiger partial charge in [0.25, 0.3) is 0 Å². The van der Waals surface area contributed by atoms with E-state index in [9.17, 15) is 0 Å². The zero-order chi connectivity index (χ0) is 6.04. The number of hydrogen-bond donors (Lipinski definition) is 0. The highest BCUT2D eigenvalue weighted by Gasteiger charge is 2.14. The zero-order valence-corrected chi connectivity index (χ0v) is 5.33. The molecular weight excluding hydrogens is 100 g/mol. The molecule has 0 spiro atoms. The average Bonchev–Trinajstić information content (AvgIpc) is 2.17. The van der Waals surface area contributed by atoms with Gasteiger partial charge in [-0.15, -0.1) is 0 Å². The fourth-order valence-corrected chi connectivity index (χ4v) is 0.607. The van der Waals surface area contributed by atoms with Crippen molar-refractivity contribution in [3.8, 4) is 0 Å². The molecule has 0 aromatic heterocycles. The highest BCUT2D eigenvalue weighted by Crippen LogP contribution is 2.04. The fraction of sp³-hybridized carbons (Fsp3) is 0.500. The summed E-state index contributed by atoms with van der Waals surface area (Å²) in [4.78, 5) is 3.97. The number of nitrogens with zero attached hydrogens (tertiary/aromatic N) is 2. The van der Waals surface area contributed by atoms with Crippen LogP contribution >= 0.6 is 0 Å². The van der Waals surface area contributed by atoms with Crippen LogP contribution in [-0.2, 0) is 0 Å². The van der Waals surface area contributed by atoms with E-state index in [0.29, 0.717) is 0 Å². The molecule has 1 unspecified atom stereocenters. The number of rotatable bonds is 1. The Bertz CT molecular complexity index is 123. The summed E-state index contributed by atoms with van der Waals surface area (Å²) >= 11 is 0. The minimum atomic E-state index is 0.847. The van der Waals surface area contributed by atoms with Crippen molar-refractivity contribution >= 4 is 6.34 Å². The van der Waals surface area contributed by atoms with E-state index < -0.39 is 0 Å². The molecular formula is C6H11N2+. The highest BCUT2D eigenvalue weighted by molar-refractivity contribution is 5.50. The van der Waals surface area contributed by atoms with Crippen LogP contribution in [0.15, 0.2) is 17.4 Å². The van der Waals surface area contributed by atoms with Gasteiger partial charge < -0.3 is 0 Å². The second-order valence-electron chi connectivity index (χ2n) is 2.23. The molecule has 0 bridgehead atoms. The molecule has 2 heteroatoms. The lowest BCUT2D eigenvalue weighted by molar-refractivity contribution is -0.753. The lowest BCUT2D eigenvalue weighted by Gasteiger charge is -2.18. The van der Waals surface area contributed by atoms with Gasteiger partial charge in [0.15, 0.2) is 6.34 Å². The third-order valence-electron chi connectivity index (χ3n) is 1.51. The molecule has 2 nitrogen and oxygen atoms in total. The summed E-state index contributed by atoms with van der Waals surface area (Å²) < 4.78 is 0.847. The summed E-state index contributed by atoms with van der Waals surface area (Å²) in [7, 11) is 2.12. The molecule has 1 aliphatic rings. The van der Waals surface area contributed by atoms with Crippen molar-refractivity contribution in [3.63, 3.8) is 0 Å². The average molecular weight is 111 g/mol. The Labute approximate surface area is 49.7 Å². The molecule has 1 aliphatic heterocycles. The van der Waals surface area contributed by atoms with Crippen LogP contribution in [0.5, 0.6) is 0 Å². The van der Waals surface area contributed by atoms with E-state index in [1.165, 1.54) is 0 Å². The molecule has 0 N–H and O–H groups in total. The predicted octanol–water partition coefficient (Wildman–Crippen LogP) is 0.966. The van der Waals surface area contributed by atoms with E-state index in [-0.39, 0.29) is 0 Å². The smallest absolute Gasteiger partial charge is 0.194 e. The van der Waals surface area contributed by atoms with Crippen LogP contribution in [0.25, 0.3) is 0 Å². The molecule has 44 valence electrons. The van der Waals surface area contributed by atoms with E-state index >= 15 is 0 Å². The van der Waals surface area contributed by atoms with E-state index in [2.05, 4.69) is 25.2 Å². The van der Waals surface area contributed by atoms with Gasteiger partial charge >= 0.3 is 0 Å². The van der Waals surface area contributed by atoms with Crippen molar-refractivity contribution in [1.29, 1.82) is 0 Å². The molecule has 8 heavy (non-hydrogen) atoms. The molecule has 0 aliphatic carbocycles. The van der Waals surface area contributed by atoms with Gasteiger partial charge in [0, 0.05) is 0 Å².